The van der Waals surface area contributed by atoms with Crippen LogP contribution in [0, 0.1) is 18.7 Å². The zero-order valence-electron chi connectivity index (χ0n) is 25.6. The Bertz CT molecular complexity index is 1620. The van der Waals surface area contributed by atoms with E-state index in [0.717, 1.165) is 5.56 Å². The first-order chi connectivity index (χ1) is 20.3. The van der Waals surface area contributed by atoms with E-state index < -0.39 is 23.6 Å². The summed E-state index contributed by atoms with van der Waals surface area (Å²) in [5.41, 5.74) is 2.30. The fourth-order valence-electron chi connectivity index (χ4n) is 5.14. The monoisotopic (exact) mass is 589 g/mol. The summed E-state index contributed by atoms with van der Waals surface area (Å²) in [7, 11) is 0. The highest BCUT2D eigenvalue weighted by molar-refractivity contribution is 5.94. The molecule has 0 aliphatic rings. The lowest BCUT2D eigenvalue weighted by Crippen LogP contribution is -2.43. The molecule has 1 atom stereocenters. The first-order valence-corrected chi connectivity index (χ1v) is 14.5. The van der Waals surface area contributed by atoms with E-state index in [0.29, 0.717) is 28.9 Å². The van der Waals surface area contributed by atoms with Crippen molar-refractivity contribution in [2.45, 2.75) is 66.2 Å². The lowest BCUT2D eigenvalue weighted by Gasteiger charge is -2.36. The van der Waals surface area contributed by atoms with Gasteiger partial charge in [0.25, 0.3) is 5.91 Å². The Hall–Kier alpha value is -4.47. The Morgan fingerprint density at radius 2 is 1.72 bits per heavy atom. The zero-order chi connectivity index (χ0) is 31.3. The number of aromatic nitrogens is 3. The van der Waals surface area contributed by atoms with E-state index in [2.05, 4.69) is 10.4 Å². The van der Waals surface area contributed by atoms with Crippen LogP contribution in [0.2, 0.25) is 0 Å². The highest BCUT2D eigenvalue weighted by Gasteiger charge is 2.32. The second kappa shape index (κ2) is 13.2. The summed E-state index contributed by atoms with van der Waals surface area (Å²) in [6.45, 7) is 12.0. The third-order valence-corrected chi connectivity index (χ3v) is 6.93. The summed E-state index contributed by atoms with van der Waals surface area (Å²) in [5.74, 6) is -0.862. The minimum Gasteiger partial charge on any atom is -0.444 e. The highest BCUT2D eigenvalue weighted by atomic mass is 19.1. The molecule has 2 heterocycles. The minimum absolute atomic E-state index is 0.115. The molecule has 0 bridgehead atoms. The van der Waals surface area contributed by atoms with Crippen LogP contribution in [0.5, 0.6) is 0 Å². The van der Waals surface area contributed by atoms with Crippen molar-refractivity contribution in [1.82, 2.24) is 24.4 Å². The van der Waals surface area contributed by atoms with E-state index in [1.807, 2.05) is 63.2 Å². The van der Waals surface area contributed by atoms with E-state index >= 15 is 0 Å². The SMILES string of the molecule is Cc1cc2cc(C(C(C)C)N(CCCNC(=O)OC(C)(C)C)C(=O)c3ccc(F)cc3)n(Cc3ccccc3)c(=O)n2n1. The van der Waals surface area contributed by atoms with Crippen molar-refractivity contribution in [2.75, 3.05) is 13.1 Å². The normalized spacial score (nSPS) is 12.4. The van der Waals surface area contributed by atoms with Gasteiger partial charge in [-0.25, -0.2) is 14.0 Å². The second-order valence-electron chi connectivity index (χ2n) is 12.0. The molecular weight excluding hydrogens is 549 g/mol. The van der Waals surface area contributed by atoms with Gasteiger partial charge in [0.15, 0.2) is 0 Å². The van der Waals surface area contributed by atoms with Gasteiger partial charge in [-0.3, -0.25) is 9.36 Å². The van der Waals surface area contributed by atoms with Gasteiger partial charge in [-0.1, -0.05) is 44.2 Å². The molecule has 2 amide bonds. The Labute approximate surface area is 251 Å². The molecule has 0 aliphatic carbocycles. The Balaban J connectivity index is 1.77. The number of nitrogens with zero attached hydrogens (tertiary/aromatic N) is 4. The van der Waals surface area contributed by atoms with Crippen molar-refractivity contribution in [3.05, 3.63) is 106 Å². The number of aryl methyl sites for hydroxylation is 1. The van der Waals surface area contributed by atoms with Crippen LogP contribution < -0.4 is 11.0 Å². The van der Waals surface area contributed by atoms with Crippen molar-refractivity contribution in [3.63, 3.8) is 0 Å². The summed E-state index contributed by atoms with van der Waals surface area (Å²) in [6, 6.07) is 18.3. The van der Waals surface area contributed by atoms with Crippen LogP contribution in [0.15, 0.2) is 71.5 Å². The number of hydrogen-bond donors (Lipinski definition) is 1. The first-order valence-electron chi connectivity index (χ1n) is 14.5. The third-order valence-electron chi connectivity index (χ3n) is 6.93. The average molecular weight is 590 g/mol. The second-order valence-corrected chi connectivity index (χ2v) is 12.0. The van der Waals surface area contributed by atoms with Gasteiger partial charge in [-0.2, -0.15) is 9.61 Å². The number of nitrogens with one attached hydrogen (secondary N) is 1. The van der Waals surface area contributed by atoms with Crippen molar-refractivity contribution in [2.24, 2.45) is 5.92 Å². The van der Waals surface area contributed by atoms with Crippen LogP contribution in [-0.4, -0.2) is 49.8 Å². The molecule has 0 fully saturated rings. The summed E-state index contributed by atoms with van der Waals surface area (Å²) in [4.78, 5) is 42.0. The van der Waals surface area contributed by atoms with Gasteiger partial charge in [-0.05, 0) is 82.0 Å². The summed E-state index contributed by atoms with van der Waals surface area (Å²) in [6.07, 6.45) is -0.116. The van der Waals surface area contributed by atoms with E-state index in [-0.39, 0.29) is 37.1 Å². The zero-order valence-corrected chi connectivity index (χ0v) is 25.6. The summed E-state index contributed by atoms with van der Waals surface area (Å²) >= 11 is 0. The van der Waals surface area contributed by atoms with Crippen LogP contribution in [0.1, 0.15) is 74.4 Å². The van der Waals surface area contributed by atoms with Gasteiger partial charge < -0.3 is 15.0 Å². The maximum atomic E-state index is 14.1. The van der Waals surface area contributed by atoms with E-state index in [9.17, 15) is 18.8 Å². The van der Waals surface area contributed by atoms with Crippen molar-refractivity contribution >= 4 is 17.5 Å². The molecule has 4 aromatic rings. The largest absolute Gasteiger partial charge is 0.444 e. The molecule has 4 rings (SSSR count). The fourth-order valence-corrected chi connectivity index (χ4v) is 5.14. The van der Waals surface area contributed by atoms with Gasteiger partial charge in [0, 0.05) is 24.3 Å². The Kier molecular flexibility index (Phi) is 9.68. The van der Waals surface area contributed by atoms with Crippen LogP contribution in [0.25, 0.3) is 5.52 Å². The summed E-state index contributed by atoms with van der Waals surface area (Å²) in [5, 5.41) is 7.17. The first kappa shape index (κ1) is 31.5. The number of rotatable bonds is 10. The van der Waals surface area contributed by atoms with E-state index in [4.69, 9.17) is 4.74 Å². The molecular formula is C33H40FN5O4. The number of carbonyl (C=O) groups excluding carboxylic acids is 2. The predicted octanol–water partition coefficient (Wildman–Crippen LogP) is 5.75. The van der Waals surface area contributed by atoms with Crippen LogP contribution in [0.4, 0.5) is 9.18 Å². The molecule has 43 heavy (non-hydrogen) atoms. The number of ether oxygens (including phenoxy) is 1. The Morgan fingerprint density at radius 3 is 2.35 bits per heavy atom. The molecule has 0 saturated carbocycles. The fraction of sp³-hybridized carbons (Fsp3) is 0.394. The number of fused-ring (bicyclic) bond motifs is 1. The van der Waals surface area contributed by atoms with Gasteiger partial charge >= 0.3 is 11.8 Å². The van der Waals surface area contributed by atoms with E-state index in [1.165, 1.54) is 28.8 Å². The van der Waals surface area contributed by atoms with Crippen LogP contribution in [-0.2, 0) is 11.3 Å². The molecule has 1 unspecified atom stereocenters. The number of alkyl carbamates (subject to hydrolysis) is 1. The maximum absolute atomic E-state index is 14.1. The molecule has 228 valence electrons. The lowest BCUT2D eigenvalue weighted by atomic mass is 9.96. The molecule has 1 N–H and O–H groups in total. The molecule has 0 radical (unpaired) electrons. The standard InChI is InChI=1S/C33H40FN5O4/c1-22(2)29(28-20-27-19-23(3)36-39(27)32(42)38(28)21-24-11-8-7-9-12-24)37(30(40)25-13-15-26(34)16-14-25)18-10-17-35-31(41)43-33(4,5)6/h7-9,11-16,19-20,22,29H,10,17-18,21H2,1-6H3,(H,35,41). The Morgan fingerprint density at radius 1 is 1.05 bits per heavy atom. The quantitative estimate of drug-likeness (QED) is 0.238. The number of hydrogen-bond acceptors (Lipinski definition) is 5. The molecule has 9 nitrogen and oxygen atoms in total. The van der Waals surface area contributed by atoms with Crippen LogP contribution in [0.3, 0.4) is 0 Å². The molecule has 0 aliphatic heterocycles. The summed E-state index contributed by atoms with van der Waals surface area (Å²) < 4.78 is 22.2. The molecule has 2 aromatic carbocycles. The number of benzene rings is 2. The average Bonchev–Trinajstić information content (AvgIpc) is 3.32. The van der Waals surface area contributed by atoms with Gasteiger partial charge in [0.1, 0.15) is 11.4 Å². The van der Waals surface area contributed by atoms with Crippen molar-refractivity contribution < 1.29 is 18.7 Å². The predicted molar refractivity (Wildman–Crippen MR) is 164 cm³/mol. The molecule has 0 saturated heterocycles. The molecule has 0 spiro atoms. The number of halogens is 1. The van der Waals surface area contributed by atoms with Gasteiger partial charge in [-0.15, -0.1) is 0 Å². The molecule has 2 aromatic heterocycles. The van der Waals surface area contributed by atoms with Crippen molar-refractivity contribution in [1.29, 1.82) is 0 Å². The van der Waals surface area contributed by atoms with Gasteiger partial charge in [0.2, 0.25) is 0 Å². The third kappa shape index (κ3) is 7.88. The van der Waals surface area contributed by atoms with E-state index in [1.54, 1.807) is 30.2 Å². The lowest BCUT2D eigenvalue weighted by molar-refractivity contribution is 0.0520. The van der Waals surface area contributed by atoms with Gasteiger partial charge in [0.05, 0.1) is 23.8 Å². The molecule has 10 heteroatoms. The smallest absolute Gasteiger partial charge is 0.407 e. The number of amides is 2. The number of carbonyl (C=O) groups is 2. The topological polar surface area (TPSA) is 97.9 Å². The van der Waals surface area contributed by atoms with Crippen LogP contribution >= 0.6 is 0 Å². The highest BCUT2D eigenvalue weighted by Crippen LogP contribution is 2.31. The van der Waals surface area contributed by atoms with Crippen molar-refractivity contribution in [3.8, 4) is 0 Å². The maximum Gasteiger partial charge on any atom is 0.407 e. The minimum atomic E-state index is -0.634.